The third kappa shape index (κ3) is 5.59. The van der Waals surface area contributed by atoms with E-state index in [4.69, 9.17) is 4.74 Å². The summed E-state index contributed by atoms with van der Waals surface area (Å²) in [6.45, 7) is 3.37. The normalized spacial score (nSPS) is 15.0. The van der Waals surface area contributed by atoms with E-state index in [-0.39, 0.29) is 24.0 Å². The predicted octanol–water partition coefficient (Wildman–Crippen LogP) is 1.28. The van der Waals surface area contributed by atoms with Gasteiger partial charge in [0.25, 0.3) is 11.5 Å². The Kier molecular flexibility index (Phi) is 6.72. The highest BCUT2D eigenvalue weighted by atomic mass is 16.5. The van der Waals surface area contributed by atoms with Gasteiger partial charge in [-0.05, 0) is 24.6 Å². The van der Waals surface area contributed by atoms with Gasteiger partial charge in [0.05, 0.1) is 30.6 Å². The molecule has 0 saturated carbocycles. The lowest BCUT2D eigenvalue weighted by Crippen LogP contribution is -2.28. The van der Waals surface area contributed by atoms with Gasteiger partial charge < -0.3 is 10.1 Å². The summed E-state index contributed by atoms with van der Waals surface area (Å²) in [6.07, 6.45) is 4.91. The highest BCUT2D eigenvalue weighted by Crippen LogP contribution is 2.19. The number of amides is 1. The number of rotatable bonds is 8. The van der Waals surface area contributed by atoms with Crippen molar-refractivity contribution < 1.29 is 9.53 Å². The van der Waals surface area contributed by atoms with E-state index >= 15 is 0 Å². The van der Waals surface area contributed by atoms with Gasteiger partial charge in [-0.2, -0.15) is 10.2 Å². The van der Waals surface area contributed by atoms with Crippen LogP contribution in [0.3, 0.4) is 0 Å². The molecule has 1 atom stereocenters. The molecule has 1 unspecified atom stereocenters. The smallest absolute Gasteiger partial charge is 0.267 e. The van der Waals surface area contributed by atoms with Crippen molar-refractivity contribution in [3.63, 3.8) is 0 Å². The first-order chi connectivity index (χ1) is 16.0. The van der Waals surface area contributed by atoms with Gasteiger partial charge in [-0.3, -0.25) is 14.6 Å². The molecule has 10 nitrogen and oxygen atoms in total. The second-order valence-corrected chi connectivity index (χ2v) is 7.65. The van der Waals surface area contributed by atoms with Crippen LogP contribution in [-0.2, 0) is 11.3 Å². The van der Waals surface area contributed by atoms with Gasteiger partial charge >= 0.3 is 0 Å². The number of hydrogen-bond donors (Lipinski definition) is 1. The predicted molar refractivity (Wildman–Crippen MR) is 123 cm³/mol. The number of benzene rings is 1. The summed E-state index contributed by atoms with van der Waals surface area (Å²) in [5.74, 6) is 0.793. The van der Waals surface area contributed by atoms with Crippen molar-refractivity contribution in [3.8, 4) is 17.1 Å². The third-order valence-electron chi connectivity index (χ3n) is 5.06. The van der Waals surface area contributed by atoms with Crippen LogP contribution in [0.1, 0.15) is 24.1 Å². The molecule has 170 valence electrons. The second kappa shape index (κ2) is 10.0. The number of hydrazone groups is 1. The number of hydrogen-bond acceptors (Lipinski definition) is 8. The van der Waals surface area contributed by atoms with Gasteiger partial charge in [0.15, 0.2) is 18.2 Å². The summed E-state index contributed by atoms with van der Waals surface area (Å²) in [5.41, 5.74) is 2.34. The number of carbonyl (C=O) groups is 1. The highest BCUT2D eigenvalue weighted by molar-refractivity contribution is 5.77. The average Bonchev–Trinajstić information content (AvgIpc) is 3.26. The van der Waals surface area contributed by atoms with Gasteiger partial charge in [-0.25, -0.2) is 14.6 Å². The van der Waals surface area contributed by atoms with Crippen molar-refractivity contribution >= 4 is 12.1 Å². The molecule has 0 bridgehead atoms. The van der Waals surface area contributed by atoms with Crippen molar-refractivity contribution in [1.29, 1.82) is 0 Å². The SMILES string of the molecule is CCNC(=O)COc1cnc(-c2cccc(Cn3nc(C4C=NN(C)C4)ccc3=O)c2)nc1. The first-order valence-electron chi connectivity index (χ1n) is 10.7. The van der Waals surface area contributed by atoms with E-state index in [2.05, 4.69) is 25.5 Å². The topological polar surface area (TPSA) is 115 Å². The van der Waals surface area contributed by atoms with Crippen LogP contribution < -0.4 is 15.6 Å². The zero-order valence-electron chi connectivity index (χ0n) is 18.5. The molecule has 33 heavy (non-hydrogen) atoms. The Hall–Kier alpha value is -4.08. The molecule has 3 heterocycles. The number of aromatic nitrogens is 4. The van der Waals surface area contributed by atoms with Crippen molar-refractivity contribution in [2.45, 2.75) is 19.4 Å². The summed E-state index contributed by atoms with van der Waals surface area (Å²) in [5, 5.41) is 13.3. The van der Waals surface area contributed by atoms with Crippen molar-refractivity contribution in [1.82, 2.24) is 30.1 Å². The Balaban J connectivity index is 1.47. The molecule has 1 aliphatic rings. The van der Waals surface area contributed by atoms with Crippen molar-refractivity contribution in [2.75, 3.05) is 26.7 Å². The van der Waals surface area contributed by atoms with Gasteiger partial charge in [-0.1, -0.05) is 18.2 Å². The maximum atomic E-state index is 12.4. The first kappa shape index (κ1) is 22.1. The van der Waals surface area contributed by atoms with E-state index in [9.17, 15) is 9.59 Å². The quantitative estimate of drug-likeness (QED) is 0.553. The molecule has 0 saturated heterocycles. The molecule has 2 aromatic heterocycles. The molecule has 4 rings (SSSR count). The largest absolute Gasteiger partial charge is 0.481 e. The van der Waals surface area contributed by atoms with Crippen LogP contribution >= 0.6 is 0 Å². The van der Waals surface area contributed by atoms with Gasteiger partial charge in [0, 0.05) is 38.0 Å². The lowest BCUT2D eigenvalue weighted by molar-refractivity contribution is -0.122. The molecule has 0 aliphatic carbocycles. The van der Waals surface area contributed by atoms with E-state index < -0.39 is 0 Å². The van der Waals surface area contributed by atoms with Gasteiger partial charge in [0.2, 0.25) is 0 Å². The Bertz CT molecular complexity index is 1210. The Labute approximate surface area is 190 Å². The van der Waals surface area contributed by atoms with E-state index in [1.807, 2.05) is 49.5 Å². The molecule has 10 heteroatoms. The summed E-state index contributed by atoms with van der Waals surface area (Å²) >= 11 is 0. The molecule has 3 aromatic rings. The monoisotopic (exact) mass is 447 g/mol. The Morgan fingerprint density at radius 1 is 1.21 bits per heavy atom. The number of ether oxygens (including phenoxy) is 1. The van der Waals surface area contributed by atoms with Crippen molar-refractivity contribution in [3.05, 3.63) is 70.4 Å². The minimum atomic E-state index is -0.200. The molecular formula is C23H25N7O3. The van der Waals surface area contributed by atoms with Gasteiger partial charge in [0.1, 0.15) is 0 Å². The molecule has 1 N–H and O–H groups in total. The zero-order chi connectivity index (χ0) is 23.2. The third-order valence-corrected chi connectivity index (χ3v) is 5.06. The molecular weight excluding hydrogens is 422 g/mol. The highest BCUT2D eigenvalue weighted by Gasteiger charge is 2.19. The minimum absolute atomic E-state index is 0.0652. The molecule has 1 aromatic carbocycles. The summed E-state index contributed by atoms with van der Waals surface area (Å²) in [4.78, 5) is 32.6. The molecule has 1 aliphatic heterocycles. The summed E-state index contributed by atoms with van der Waals surface area (Å²) in [7, 11) is 1.90. The Morgan fingerprint density at radius 2 is 2.03 bits per heavy atom. The van der Waals surface area contributed by atoms with E-state index in [1.165, 1.54) is 17.1 Å². The number of likely N-dealkylation sites (N-methyl/N-ethyl adjacent to an activating group) is 2. The van der Waals surface area contributed by atoms with E-state index in [0.717, 1.165) is 23.4 Å². The number of carbonyl (C=O) groups excluding carboxylic acids is 1. The number of nitrogens with one attached hydrogen (secondary N) is 1. The average molecular weight is 447 g/mol. The fourth-order valence-electron chi connectivity index (χ4n) is 3.44. The number of nitrogens with zero attached hydrogens (tertiary/aromatic N) is 6. The lowest BCUT2D eigenvalue weighted by atomic mass is 10.1. The fraction of sp³-hybridized carbons (Fsp3) is 0.304. The fourth-order valence-corrected chi connectivity index (χ4v) is 3.44. The zero-order valence-corrected chi connectivity index (χ0v) is 18.5. The van der Waals surface area contributed by atoms with E-state index in [1.54, 1.807) is 12.1 Å². The van der Waals surface area contributed by atoms with Crippen molar-refractivity contribution in [2.24, 2.45) is 5.10 Å². The minimum Gasteiger partial charge on any atom is -0.481 e. The molecule has 0 spiro atoms. The summed E-state index contributed by atoms with van der Waals surface area (Å²) in [6, 6.07) is 10.9. The van der Waals surface area contributed by atoms with E-state index in [0.29, 0.717) is 24.7 Å². The standard InChI is InChI=1S/C23H25N7O3/c1-3-24-21(31)15-33-19-11-25-23(26-12-19)17-6-4-5-16(9-17)13-30-22(32)8-7-20(28-30)18-10-27-29(2)14-18/h4-12,18H,3,13-15H2,1-2H3,(H,24,31). The van der Waals surface area contributed by atoms with Crippen LogP contribution in [0.2, 0.25) is 0 Å². The van der Waals surface area contributed by atoms with Crippen LogP contribution in [0, 0.1) is 0 Å². The molecule has 1 amide bonds. The molecule has 0 radical (unpaired) electrons. The Morgan fingerprint density at radius 3 is 2.76 bits per heavy atom. The second-order valence-electron chi connectivity index (χ2n) is 7.65. The first-order valence-corrected chi connectivity index (χ1v) is 10.7. The maximum Gasteiger partial charge on any atom is 0.267 e. The van der Waals surface area contributed by atoms with Crippen LogP contribution in [0.5, 0.6) is 5.75 Å². The molecule has 0 fully saturated rings. The summed E-state index contributed by atoms with van der Waals surface area (Å²) < 4.78 is 6.85. The van der Waals surface area contributed by atoms with Crippen LogP contribution in [0.25, 0.3) is 11.4 Å². The van der Waals surface area contributed by atoms with Crippen LogP contribution in [0.15, 0.2) is 58.7 Å². The lowest BCUT2D eigenvalue weighted by Gasteiger charge is -2.12. The maximum absolute atomic E-state index is 12.4. The van der Waals surface area contributed by atoms with Crippen LogP contribution in [-0.4, -0.2) is 63.6 Å². The van der Waals surface area contributed by atoms with Crippen LogP contribution in [0.4, 0.5) is 0 Å². The van der Waals surface area contributed by atoms with Gasteiger partial charge in [-0.15, -0.1) is 0 Å².